The van der Waals surface area contributed by atoms with Crippen LogP contribution in [0.15, 0.2) is 30.5 Å². The average Bonchev–Trinajstić information content (AvgIpc) is 2.74. The van der Waals surface area contributed by atoms with E-state index in [2.05, 4.69) is 10.3 Å². The van der Waals surface area contributed by atoms with Crippen molar-refractivity contribution in [2.75, 3.05) is 11.9 Å². The molecule has 1 N–H and O–H groups in total. The van der Waals surface area contributed by atoms with Crippen LogP contribution in [0.5, 0.6) is 0 Å². The molecule has 3 rings (SSSR count). The molecule has 2 heterocycles. The Kier molecular flexibility index (Phi) is 4.58. The molecule has 0 saturated carbocycles. The van der Waals surface area contributed by atoms with E-state index in [4.69, 9.17) is 0 Å². The van der Waals surface area contributed by atoms with Gasteiger partial charge in [-0.25, -0.2) is 4.39 Å². The SMILES string of the molecule is Fc1ccc2c(c1)CCC(c1ncc(C(F)(F)F)cc1C(F)(F)F)CN2. The molecule has 1 aromatic carbocycles. The molecule has 1 aliphatic rings. The summed E-state index contributed by atoms with van der Waals surface area (Å²) in [6.07, 6.45) is -8.98. The van der Waals surface area contributed by atoms with E-state index in [0.29, 0.717) is 17.4 Å². The van der Waals surface area contributed by atoms with Gasteiger partial charge in [0.1, 0.15) is 5.82 Å². The number of alkyl halides is 6. The van der Waals surface area contributed by atoms with Crippen molar-refractivity contribution in [2.24, 2.45) is 0 Å². The summed E-state index contributed by atoms with van der Waals surface area (Å²) in [5, 5.41) is 2.93. The van der Waals surface area contributed by atoms with E-state index in [0.717, 1.165) is 0 Å². The summed E-state index contributed by atoms with van der Waals surface area (Å²) >= 11 is 0. The summed E-state index contributed by atoms with van der Waals surface area (Å²) in [6.45, 7) is 0.0556. The molecular weight excluding hydrogens is 365 g/mol. The van der Waals surface area contributed by atoms with E-state index in [1.807, 2.05) is 0 Å². The topological polar surface area (TPSA) is 24.9 Å². The van der Waals surface area contributed by atoms with Crippen molar-refractivity contribution in [1.82, 2.24) is 4.98 Å². The van der Waals surface area contributed by atoms with Gasteiger partial charge in [0, 0.05) is 24.3 Å². The van der Waals surface area contributed by atoms with E-state index >= 15 is 0 Å². The molecule has 2 aromatic rings. The largest absolute Gasteiger partial charge is 0.418 e. The Morgan fingerprint density at radius 2 is 1.73 bits per heavy atom. The number of hydrogen-bond acceptors (Lipinski definition) is 2. The van der Waals surface area contributed by atoms with Crippen molar-refractivity contribution >= 4 is 5.69 Å². The highest BCUT2D eigenvalue weighted by Crippen LogP contribution is 2.40. The van der Waals surface area contributed by atoms with Crippen LogP contribution in [0.4, 0.5) is 36.4 Å². The Balaban J connectivity index is 1.96. The number of benzene rings is 1. The van der Waals surface area contributed by atoms with Crippen molar-refractivity contribution in [3.05, 3.63) is 58.7 Å². The minimum atomic E-state index is -4.96. The lowest BCUT2D eigenvalue weighted by atomic mass is 9.93. The van der Waals surface area contributed by atoms with E-state index in [1.165, 1.54) is 18.2 Å². The van der Waals surface area contributed by atoms with Gasteiger partial charge in [-0.3, -0.25) is 4.98 Å². The number of pyridine rings is 1. The fourth-order valence-corrected chi connectivity index (χ4v) is 3.02. The van der Waals surface area contributed by atoms with Crippen LogP contribution in [0.25, 0.3) is 0 Å². The number of nitrogens with one attached hydrogen (secondary N) is 1. The molecule has 0 spiro atoms. The third-order valence-electron chi connectivity index (χ3n) is 4.31. The molecular formula is C17H13F7N2. The number of nitrogens with zero attached hydrogens (tertiary/aromatic N) is 1. The molecule has 0 saturated heterocycles. The first-order valence-corrected chi connectivity index (χ1v) is 7.72. The molecule has 1 atom stereocenters. The number of rotatable bonds is 1. The first kappa shape index (κ1) is 18.5. The highest BCUT2D eigenvalue weighted by molar-refractivity contribution is 5.53. The van der Waals surface area contributed by atoms with Gasteiger partial charge in [0.2, 0.25) is 0 Å². The predicted molar refractivity (Wildman–Crippen MR) is 80.2 cm³/mol. The third kappa shape index (κ3) is 3.76. The van der Waals surface area contributed by atoms with Crippen LogP contribution in [0.1, 0.15) is 34.7 Å². The van der Waals surface area contributed by atoms with Gasteiger partial charge in [-0.1, -0.05) is 0 Å². The van der Waals surface area contributed by atoms with Gasteiger partial charge in [0.15, 0.2) is 0 Å². The standard InChI is InChI=1S/C17H13F7N2/c18-12-3-4-14-9(5-12)1-2-10(7-25-14)15-13(17(22,23)24)6-11(8-26-15)16(19,20)21/h3-6,8,10,25H,1-2,7H2. The molecule has 1 aromatic heterocycles. The van der Waals surface area contributed by atoms with Crippen LogP contribution >= 0.6 is 0 Å². The Morgan fingerprint density at radius 3 is 2.38 bits per heavy atom. The smallest absolute Gasteiger partial charge is 0.384 e. The highest BCUT2D eigenvalue weighted by atomic mass is 19.4. The van der Waals surface area contributed by atoms with Gasteiger partial charge in [-0.15, -0.1) is 0 Å². The Bertz CT molecular complexity index is 812. The number of hydrogen-bond donors (Lipinski definition) is 1. The molecule has 26 heavy (non-hydrogen) atoms. The van der Waals surface area contributed by atoms with Gasteiger partial charge in [0.25, 0.3) is 0 Å². The van der Waals surface area contributed by atoms with Crippen LogP contribution in [0, 0.1) is 5.82 Å². The minimum absolute atomic E-state index is 0.0556. The van der Waals surface area contributed by atoms with Gasteiger partial charge in [-0.2, -0.15) is 26.3 Å². The lowest BCUT2D eigenvalue weighted by Gasteiger charge is -2.20. The molecule has 0 fully saturated rings. The lowest BCUT2D eigenvalue weighted by molar-refractivity contribution is -0.144. The van der Waals surface area contributed by atoms with Gasteiger partial charge in [0.05, 0.1) is 16.8 Å². The van der Waals surface area contributed by atoms with Crippen molar-refractivity contribution < 1.29 is 30.7 Å². The Hall–Kier alpha value is -2.32. The minimum Gasteiger partial charge on any atom is -0.384 e. The molecule has 9 heteroatoms. The summed E-state index contributed by atoms with van der Waals surface area (Å²) in [7, 11) is 0. The molecule has 140 valence electrons. The van der Waals surface area contributed by atoms with Crippen LogP contribution < -0.4 is 5.32 Å². The maximum Gasteiger partial charge on any atom is 0.418 e. The molecule has 0 radical (unpaired) electrons. The Labute approximate surface area is 144 Å². The summed E-state index contributed by atoms with van der Waals surface area (Å²) in [5.74, 6) is -1.22. The zero-order valence-corrected chi connectivity index (χ0v) is 13.2. The van der Waals surface area contributed by atoms with E-state index in [9.17, 15) is 30.7 Å². The highest BCUT2D eigenvalue weighted by Gasteiger charge is 2.40. The number of anilines is 1. The predicted octanol–water partition coefficient (Wildman–Crippen LogP) is 5.40. The number of aromatic nitrogens is 1. The zero-order chi connectivity index (χ0) is 19.1. The third-order valence-corrected chi connectivity index (χ3v) is 4.31. The van der Waals surface area contributed by atoms with Crippen LogP contribution in [-0.4, -0.2) is 11.5 Å². The normalized spacial score (nSPS) is 18.0. The first-order chi connectivity index (χ1) is 12.1. The molecule has 1 aliphatic heterocycles. The summed E-state index contributed by atoms with van der Waals surface area (Å²) < 4.78 is 91.5. The number of halogens is 7. The van der Waals surface area contributed by atoms with Crippen LogP contribution in [0.3, 0.4) is 0 Å². The molecule has 2 nitrogen and oxygen atoms in total. The Morgan fingerprint density at radius 1 is 1.00 bits per heavy atom. The van der Waals surface area contributed by atoms with Gasteiger partial charge < -0.3 is 5.32 Å². The van der Waals surface area contributed by atoms with Gasteiger partial charge in [-0.05, 0) is 42.7 Å². The van der Waals surface area contributed by atoms with Crippen molar-refractivity contribution in [3.63, 3.8) is 0 Å². The van der Waals surface area contributed by atoms with Crippen LogP contribution in [-0.2, 0) is 18.8 Å². The second kappa shape index (κ2) is 6.44. The van der Waals surface area contributed by atoms with Crippen molar-refractivity contribution in [1.29, 1.82) is 0 Å². The fourth-order valence-electron chi connectivity index (χ4n) is 3.02. The van der Waals surface area contributed by atoms with E-state index < -0.39 is 40.9 Å². The molecule has 0 aliphatic carbocycles. The maximum absolute atomic E-state index is 13.3. The molecule has 0 amide bonds. The number of fused-ring (bicyclic) bond motifs is 1. The second-order valence-electron chi connectivity index (χ2n) is 6.07. The zero-order valence-electron chi connectivity index (χ0n) is 13.2. The molecule has 1 unspecified atom stereocenters. The number of aryl methyl sites for hydroxylation is 1. The maximum atomic E-state index is 13.3. The summed E-state index contributed by atoms with van der Waals surface area (Å²) in [5.41, 5.74) is -2.08. The summed E-state index contributed by atoms with van der Waals surface area (Å²) in [6, 6.07) is 4.09. The lowest BCUT2D eigenvalue weighted by Crippen LogP contribution is -2.20. The molecule has 0 bridgehead atoms. The average molecular weight is 378 g/mol. The first-order valence-electron chi connectivity index (χ1n) is 7.72. The van der Waals surface area contributed by atoms with Crippen molar-refractivity contribution in [2.45, 2.75) is 31.1 Å². The fraction of sp³-hybridized carbons (Fsp3) is 0.353. The quantitative estimate of drug-likeness (QED) is 0.672. The van der Waals surface area contributed by atoms with E-state index in [1.54, 1.807) is 0 Å². The monoisotopic (exact) mass is 378 g/mol. The van der Waals surface area contributed by atoms with Crippen LogP contribution in [0.2, 0.25) is 0 Å². The van der Waals surface area contributed by atoms with Gasteiger partial charge >= 0.3 is 12.4 Å². The van der Waals surface area contributed by atoms with Crippen molar-refractivity contribution in [3.8, 4) is 0 Å². The summed E-state index contributed by atoms with van der Waals surface area (Å²) in [4.78, 5) is 3.50. The second-order valence-corrected chi connectivity index (χ2v) is 6.07. The van der Waals surface area contributed by atoms with E-state index in [-0.39, 0.29) is 25.5 Å².